The van der Waals surface area contributed by atoms with Crippen LogP contribution in [0.25, 0.3) is 0 Å². The minimum Gasteiger partial charge on any atom is -0.379 e. The monoisotopic (exact) mass is 248 g/mol. The van der Waals surface area contributed by atoms with Crippen LogP contribution in [0.5, 0.6) is 0 Å². The molecule has 0 unspecified atom stereocenters. The summed E-state index contributed by atoms with van der Waals surface area (Å²) in [7, 11) is 0. The summed E-state index contributed by atoms with van der Waals surface area (Å²) < 4.78 is 15.3. The molecule has 7 nitrogen and oxygen atoms in total. The van der Waals surface area contributed by atoms with Crippen molar-refractivity contribution in [1.82, 2.24) is 0 Å². The van der Waals surface area contributed by atoms with Gasteiger partial charge >= 0.3 is 0 Å². The van der Waals surface area contributed by atoms with Crippen molar-refractivity contribution in [2.24, 2.45) is 11.5 Å². The van der Waals surface area contributed by atoms with Crippen LogP contribution in [0, 0.1) is 0 Å². The van der Waals surface area contributed by atoms with Gasteiger partial charge in [0, 0.05) is 12.8 Å². The van der Waals surface area contributed by atoms with Gasteiger partial charge in [0.15, 0.2) is 0 Å². The first-order valence-electron chi connectivity index (χ1n) is 5.42. The maximum absolute atomic E-state index is 10.3. The molecule has 4 N–H and O–H groups in total. The number of primary amides is 2. The van der Waals surface area contributed by atoms with Crippen LogP contribution in [-0.2, 0) is 23.8 Å². The van der Waals surface area contributed by atoms with Gasteiger partial charge in [-0.1, -0.05) is 0 Å². The van der Waals surface area contributed by atoms with E-state index in [1.54, 1.807) is 0 Å². The summed E-state index contributed by atoms with van der Waals surface area (Å²) in [6.07, 6.45) is 0.437. The molecule has 100 valence electrons. The first-order valence-corrected chi connectivity index (χ1v) is 5.42. The van der Waals surface area contributed by atoms with Crippen LogP contribution in [-0.4, -0.2) is 51.5 Å². The largest absolute Gasteiger partial charge is 0.379 e. The summed E-state index contributed by atoms with van der Waals surface area (Å²) in [5.74, 6) is -0.762. The molecular formula is C10H20N2O5. The van der Waals surface area contributed by atoms with E-state index in [1.807, 2.05) is 0 Å². The van der Waals surface area contributed by atoms with Crippen molar-refractivity contribution in [3.8, 4) is 0 Å². The third-order valence-corrected chi connectivity index (χ3v) is 1.73. The molecular weight excluding hydrogens is 228 g/mol. The molecule has 0 aliphatic heterocycles. The number of nitrogens with two attached hydrogens (primary N) is 2. The van der Waals surface area contributed by atoms with Crippen LogP contribution in [0.4, 0.5) is 0 Å². The topological polar surface area (TPSA) is 114 Å². The Balaban J connectivity index is 2.98. The Labute approximate surface area is 100 Å². The van der Waals surface area contributed by atoms with Gasteiger partial charge in [-0.15, -0.1) is 0 Å². The van der Waals surface area contributed by atoms with Crippen LogP contribution in [0.3, 0.4) is 0 Å². The lowest BCUT2D eigenvalue weighted by atomic mass is 10.4. The average Bonchev–Trinajstić information content (AvgIpc) is 2.25. The van der Waals surface area contributed by atoms with Crippen molar-refractivity contribution in [3.63, 3.8) is 0 Å². The minimum atomic E-state index is -0.381. The molecule has 0 fully saturated rings. The molecule has 0 saturated heterocycles. The van der Waals surface area contributed by atoms with Crippen LogP contribution in [0.1, 0.15) is 12.8 Å². The summed E-state index contributed by atoms with van der Waals surface area (Å²) in [4.78, 5) is 20.7. The summed E-state index contributed by atoms with van der Waals surface area (Å²) in [6, 6.07) is 0. The zero-order valence-corrected chi connectivity index (χ0v) is 9.85. The van der Waals surface area contributed by atoms with Crippen LogP contribution >= 0.6 is 0 Å². The summed E-state index contributed by atoms with van der Waals surface area (Å²) >= 11 is 0. The predicted octanol–water partition coefficient (Wildman–Crippen LogP) is -1.21. The number of amides is 2. The molecule has 0 rings (SSSR count). The first kappa shape index (κ1) is 15.8. The molecule has 0 radical (unpaired) electrons. The van der Waals surface area contributed by atoms with E-state index in [4.69, 9.17) is 25.7 Å². The van der Waals surface area contributed by atoms with E-state index >= 15 is 0 Å². The van der Waals surface area contributed by atoms with E-state index in [-0.39, 0.29) is 24.7 Å². The normalized spacial score (nSPS) is 10.4. The predicted molar refractivity (Wildman–Crippen MR) is 60.1 cm³/mol. The standard InChI is InChI=1S/C10H20N2O5/c11-9(13)1-3-15-5-7-17-8-6-16-4-2-10(12)14/h1-8H2,(H2,11,13)(H2,12,14). The number of carbonyl (C=O) groups excluding carboxylic acids is 2. The van der Waals surface area contributed by atoms with Crippen molar-refractivity contribution in [1.29, 1.82) is 0 Å². The fourth-order valence-corrected chi connectivity index (χ4v) is 0.887. The van der Waals surface area contributed by atoms with E-state index in [0.29, 0.717) is 39.6 Å². The van der Waals surface area contributed by atoms with Gasteiger partial charge in [0.25, 0.3) is 0 Å². The highest BCUT2D eigenvalue weighted by Gasteiger charge is 1.96. The van der Waals surface area contributed by atoms with Gasteiger partial charge in [0.05, 0.1) is 39.6 Å². The Hall–Kier alpha value is -1.18. The maximum Gasteiger partial charge on any atom is 0.219 e. The highest BCUT2D eigenvalue weighted by atomic mass is 16.5. The van der Waals surface area contributed by atoms with Gasteiger partial charge < -0.3 is 25.7 Å². The highest BCUT2D eigenvalue weighted by molar-refractivity contribution is 5.74. The number of hydrogen-bond donors (Lipinski definition) is 2. The number of rotatable bonds is 12. The van der Waals surface area contributed by atoms with Gasteiger partial charge in [-0.3, -0.25) is 9.59 Å². The SMILES string of the molecule is NC(=O)CCOCCOCCOCCC(N)=O. The molecule has 7 heteroatoms. The fraction of sp³-hybridized carbons (Fsp3) is 0.800. The summed E-state index contributed by atoms with van der Waals surface area (Å²) in [5.41, 5.74) is 9.85. The molecule has 0 heterocycles. The number of ether oxygens (including phenoxy) is 3. The van der Waals surface area contributed by atoms with E-state index in [2.05, 4.69) is 0 Å². The van der Waals surface area contributed by atoms with Crippen molar-refractivity contribution >= 4 is 11.8 Å². The third-order valence-electron chi connectivity index (χ3n) is 1.73. The molecule has 0 saturated carbocycles. The number of hydrogen-bond acceptors (Lipinski definition) is 5. The lowest BCUT2D eigenvalue weighted by Crippen LogP contribution is -2.16. The van der Waals surface area contributed by atoms with Crippen molar-refractivity contribution in [3.05, 3.63) is 0 Å². The van der Waals surface area contributed by atoms with Gasteiger partial charge in [-0.2, -0.15) is 0 Å². The molecule has 0 aromatic rings. The molecule has 0 aliphatic carbocycles. The fourth-order valence-electron chi connectivity index (χ4n) is 0.887. The van der Waals surface area contributed by atoms with Crippen molar-refractivity contribution in [2.45, 2.75) is 12.8 Å². The zero-order chi connectivity index (χ0) is 12.9. The molecule has 0 spiro atoms. The Morgan fingerprint density at radius 1 is 0.647 bits per heavy atom. The summed E-state index contributed by atoms with van der Waals surface area (Å²) in [6.45, 7) is 2.31. The minimum absolute atomic E-state index is 0.218. The lowest BCUT2D eigenvalue weighted by molar-refractivity contribution is -0.119. The lowest BCUT2D eigenvalue weighted by Gasteiger charge is -2.05. The average molecular weight is 248 g/mol. The first-order chi connectivity index (χ1) is 8.13. The Morgan fingerprint density at radius 2 is 0.941 bits per heavy atom. The molecule has 0 atom stereocenters. The number of carbonyl (C=O) groups is 2. The van der Waals surface area contributed by atoms with E-state index in [1.165, 1.54) is 0 Å². The molecule has 0 aromatic carbocycles. The Bertz CT molecular complexity index is 201. The van der Waals surface area contributed by atoms with Crippen LogP contribution in [0.15, 0.2) is 0 Å². The second kappa shape index (κ2) is 11.3. The maximum atomic E-state index is 10.3. The highest BCUT2D eigenvalue weighted by Crippen LogP contribution is 1.85. The zero-order valence-electron chi connectivity index (χ0n) is 9.85. The van der Waals surface area contributed by atoms with Gasteiger partial charge in [-0.05, 0) is 0 Å². The third kappa shape index (κ3) is 14.8. The Morgan fingerprint density at radius 3 is 1.24 bits per heavy atom. The van der Waals surface area contributed by atoms with Gasteiger partial charge in [0.1, 0.15) is 0 Å². The van der Waals surface area contributed by atoms with E-state index in [9.17, 15) is 9.59 Å². The molecule has 0 aromatic heterocycles. The Kier molecular flexibility index (Phi) is 10.5. The molecule has 17 heavy (non-hydrogen) atoms. The summed E-state index contributed by atoms with van der Waals surface area (Å²) in [5, 5.41) is 0. The second-order valence-electron chi connectivity index (χ2n) is 3.27. The van der Waals surface area contributed by atoms with Crippen LogP contribution < -0.4 is 11.5 Å². The molecule has 0 bridgehead atoms. The smallest absolute Gasteiger partial charge is 0.219 e. The van der Waals surface area contributed by atoms with Gasteiger partial charge in [0.2, 0.25) is 11.8 Å². The second-order valence-corrected chi connectivity index (χ2v) is 3.27. The quantitative estimate of drug-likeness (QED) is 0.420. The van der Waals surface area contributed by atoms with E-state index in [0.717, 1.165) is 0 Å². The van der Waals surface area contributed by atoms with Crippen molar-refractivity contribution in [2.75, 3.05) is 39.6 Å². The van der Waals surface area contributed by atoms with Crippen molar-refractivity contribution < 1.29 is 23.8 Å². The molecule has 2 amide bonds. The molecule has 0 aliphatic rings. The van der Waals surface area contributed by atoms with Gasteiger partial charge in [-0.25, -0.2) is 0 Å². The van der Waals surface area contributed by atoms with E-state index < -0.39 is 0 Å². The van der Waals surface area contributed by atoms with Crippen LogP contribution in [0.2, 0.25) is 0 Å².